The molecule has 4 aliphatic rings. The Labute approximate surface area is 183 Å². The summed E-state index contributed by atoms with van der Waals surface area (Å²) in [6, 6.07) is 0. The topological polar surface area (TPSA) is 37.3 Å². The summed E-state index contributed by atoms with van der Waals surface area (Å²) < 4.78 is 0. The highest BCUT2D eigenvalue weighted by Gasteiger charge is 2.53. The summed E-state index contributed by atoms with van der Waals surface area (Å²) in [6.07, 6.45) is 17.4. The molecule has 0 aromatic carbocycles. The van der Waals surface area contributed by atoms with E-state index in [0.717, 1.165) is 6.42 Å². The van der Waals surface area contributed by atoms with E-state index in [4.69, 9.17) is 0 Å². The van der Waals surface area contributed by atoms with Crippen molar-refractivity contribution in [1.82, 2.24) is 0 Å². The summed E-state index contributed by atoms with van der Waals surface area (Å²) in [7, 11) is 0. The van der Waals surface area contributed by atoms with Gasteiger partial charge in [0.05, 0.1) is 5.60 Å². The maximum absolute atomic E-state index is 12.0. The first-order valence-electron chi connectivity index (χ1n) is 12.1. The highest BCUT2D eigenvalue weighted by atomic mass is 16.3. The minimum atomic E-state index is -0.741. The maximum atomic E-state index is 12.0. The van der Waals surface area contributed by atoms with E-state index >= 15 is 0 Å². The quantitative estimate of drug-likeness (QED) is 0.534. The van der Waals surface area contributed by atoms with Crippen LogP contribution < -0.4 is 0 Å². The highest BCUT2D eigenvalue weighted by Crippen LogP contribution is 2.63. The Bertz CT molecular complexity index is 852. The third-order valence-corrected chi connectivity index (χ3v) is 9.51. The Morgan fingerprint density at radius 1 is 1.10 bits per heavy atom. The van der Waals surface area contributed by atoms with Crippen molar-refractivity contribution < 1.29 is 9.90 Å². The molecule has 0 aromatic rings. The Morgan fingerprint density at radius 2 is 1.83 bits per heavy atom. The van der Waals surface area contributed by atoms with Gasteiger partial charge >= 0.3 is 0 Å². The smallest absolute Gasteiger partial charge is 0.156 e. The molecule has 30 heavy (non-hydrogen) atoms. The zero-order chi connectivity index (χ0) is 21.9. The Hall–Kier alpha value is -1.41. The lowest BCUT2D eigenvalue weighted by atomic mass is 9.53. The fraction of sp³-hybridized carbons (Fsp3) is 0.679. The van der Waals surface area contributed by atoms with Crippen LogP contribution in [-0.2, 0) is 4.79 Å². The molecule has 2 nitrogen and oxygen atoms in total. The van der Waals surface area contributed by atoms with E-state index in [-0.39, 0.29) is 16.7 Å². The lowest BCUT2D eigenvalue weighted by molar-refractivity contribution is -0.116. The molecule has 2 heteroatoms. The number of aliphatic hydroxyl groups is 1. The van der Waals surface area contributed by atoms with Crippen LogP contribution in [0.4, 0.5) is 0 Å². The second-order valence-corrected chi connectivity index (χ2v) is 11.5. The van der Waals surface area contributed by atoms with Gasteiger partial charge < -0.3 is 5.11 Å². The molecule has 0 spiro atoms. The minimum Gasteiger partial charge on any atom is -0.386 e. The lowest BCUT2D eigenvalue weighted by Crippen LogP contribution is -2.41. The molecule has 0 saturated heterocycles. The Kier molecular flexibility index (Phi) is 5.33. The molecule has 6 atom stereocenters. The summed E-state index contributed by atoms with van der Waals surface area (Å²) in [5.41, 5.74) is 4.18. The van der Waals surface area contributed by atoms with Crippen molar-refractivity contribution in [2.45, 2.75) is 85.7 Å². The average Bonchev–Trinajstić information content (AvgIpc) is 3.04. The van der Waals surface area contributed by atoms with Crippen LogP contribution in [0.5, 0.6) is 0 Å². The van der Waals surface area contributed by atoms with Crippen LogP contribution in [-0.4, -0.2) is 16.5 Å². The number of hydrogen-bond donors (Lipinski definition) is 1. The van der Waals surface area contributed by atoms with Crippen LogP contribution in [0.25, 0.3) is 0 Å². The largest absolute Gasteiger partial charge is 0.386 e. The molecule has 0 bridgehead atoms. The average molecular weight is 409 g/mol. The van der Waals surface area contributed by atoms with E-state index in [9.17, 15) is 9.90 Å². The van der Waals surface area contributed by atoms with Crippen molar-refractivity contribution in [3.8, 4) is 0 Å². The summed E-state index contributed by atoms with van der Waals surface area (Å²) in [5.74, 6) is 2.16. The molecule has 164 valence electrons. The zero-order valence-corrected chi connectivity index (χ0v) is 19.8. The molecule has 4 rings (SSSR count). The summed E-state index contributed by atoms with van der Waals surface area (Å²) in [4.78, 5) is 12.0. The maximum Gasteiger partial charge on any atom is 0.156 e. The van der Waals surface area contributed by atoms with E-state index in [2.05, 4.69) is 52.8 Å². The van der Waals surface area contributed by atoms with Crippen molar-refractivity contribution in [3.63, 3.8) is 0 Å². The van der Waals surface area contributed by atoms with E-state index in [1.807, 2.05) is 19.1 Å². The number of rotatable bonds is 4. The summed E-state index contributed by atoms with van der Waals surface area (Å²) in [5, 5.41) is 10.7. The number of carbonyl (C=O) groups is 1. The van der Waals surface area contributed by atoms with Gasteiger partial charge in [-0.15, -0.1) is 0 Å². The van der Waals surface area contributed by atoms with Crippen molar-refractivity contribution >= 4 is 5.78 Å². The molecule has 4 aliphatic carbocycles. The second kappa shape index (κ2) is 7.33. The summed E-state index contributed by atoms with van der Waals surface area (Å²) in [6.45, 7) is 13.3. The van der Waals surface area contributed by atoms with Gasteiger partial charge in [-0.1, -0.05) is 64.5 Å². The Morgan fingerprint density at radius 3 is 2.53 bits per heavy atom. The fourth-order valence-electron chi connectivity index (χ4n) is 6.87. The highest BCUT2D eigenvalue weighted by molar-refractivity contribution is 5.92. The molecule has 1 fully saturated rings. The van der Waals surface area contributed by atoms with Gasteiger partial charge in [0.25, 0.3) is 0 Å². The molecular weight excluding hydrogens is 368 g/mol. The molecule has 0 radical (unpaired) electrons. The normalized spacial score (nSPS) is 38.9. The predicted octanol–water partition coefficient (Wildman–Crippen LogP) is 6.57. The van der Waals surface area contributed by atoms with Gasteiger partial charge in [0.1, 0.15) is 0 Å². The molecule has 0 amide bonds. The van der Waals surface area contributed by atoms with Gasteiger partial charge in [0.15, 0.2) is 5.78 Å². The van der Waals surface area contributed by atoms with E-state index < -0.39 is 5.60 Å². The zero-order valence-electron chi connectivity index (χ0n) is 19.8. The third-order valence-electron chi connectivity index (χ3n) is 9.51. The number of carbonyl (C=O) groups excluding carboxylic acids is 1. The Balaban J connectivity index is 1.65. The molecular formula is C28H40O2. The number of allylic oxidation sites excluding steroid dienone is 7. The number of fused-ring (bicyclic) bond motifs is 4. The minimum absolute atomic E-state index is 0.131. The lowest BCUT2D eigenvalue weighted by Gasteiger charge is -2.51. The molecule has 0 heterocycles. The SMILES string of the molecule is CC(C)C(C)(O)/C=C/[C@@H](C)[C@H]1CCC2=C3C=CC4=CC(=O)CC[C@]4(C)[C@H]3CC[C@@]21C. The standard InChI is InChI=1S/C28H40O2/c1-18(2)28(6,30)16-11-19(3)23-9-10-24-22-8-7-20-17-21(29)12-14-26(20,4)25(22)13-15-27(23,24)5/h7-8,11,16-19,23,25,30H,9-10,12-15H2,1-6H3/b16-11+/t19-,23-,25+,26+,27-,28?/m1/s1. The summed E-state index contributed by atoms with van der Waals surface area (Å²) >= 11 is 0. The first-order valence-corrected chi connectivity index (χ1v) is 12.1. The van der Waals surface area contributed by atoms with Gasteiger partial charge in [-0.2, -0.15) is 0 Å². The van der Waals surface area contributed by atoms with E-state index in [1.165, 1.54) is 31.3 Å². The van der Waals surface area contributed by atoms with Crippen molar-refractivity contribution in [1.29, 1.82) is 0 Å². The van der Waals surface area contributed by atoms with Crippen LogP contribution in [0.2, 0.25) is 0 Å². The molecule has 1 saturated carbocycles. The van der Waals surface area contributed by atoms with Crippen molar-refractivity contribution in [3.05, 3.63) is 47.1 Å². The van der Waals surface area contributed by atoms with Crippen LogP contribution in [0.15, 0.2) is 47.1 Å². The van der Waals surface area contributed by atoms with Crippen LogP contribution in [0.3, 0.4) is 0 Å². The van der Waals surface area contributed by atoms with Gasteiger partial charge in [0, 0.05) is 6.42 Å². The van der Waals surface area contributed by atoms with Gasteiger partial charge in [0.2, 0.25) is 0 Å². The number of hydrogen-bond acceptors (Lipinski definition) is 2. The number of ketones is 1. The van der Waals surface area contributed by atoms with Gasteiger partial charge in [-0.25, -0.2) is 0 Å². The molecule has 1 N–H and O–H groups in total. The van der Waals surface area contributed by atoms with E-state index in [1.54, 1.807) is 11.1 Å². The monoisotopic (exact) mass is 408 g/mol. The fourth-order valence-corrected chi connectivity index (χ4v) is 6.87. The second-order valence-electron chi connectivity index (χ2n) is 11.5. The van der Waals surface area contributed by atoms with Crippen molar-refractivity contribution in [2.75, 3.05) is 0 Å². The van der Waals surface area contributed by atoms with Crippen LogP contribution in [0, 0.1) is 34.5 Å². The first kappa shape index (κ1) is 21.8. The van der Waals surface area contributed by atoms with Crippen LogP contribution in [0.1, 0.15) is 80.1 Å². The molecule has 0 aliphatic heterocycles. The van der Waals surface area contributed by atoms with Crippen molar-refractivity contribution in [2.24, 2.45) is 34.5 Å². The van der Waals surface area contributed by atoms with E-state index in [0.29, 0.717) is 30.0 Å². The predicted molar refractivity (Wildman–Crippen MR) is 124 cm³/mol. The third kappa shape index (κ3) is 3.30. The molecule has 0 aromatic heterocycles. The van der Waals surface area contributed by atoms with Gasteiger partial charge in [-0.05, 0) is 90.8 Å². The van der Waals surface area contributed by atoms with Crippen LogP contribution >= 0.6 is 0 Å². The molecule has 1 unspecified atom stereocenters. The first-order chi connectivity index (χ1) is 14.0. The van der Waals surface area contributed by atoms with Gasteiger partial charge in [-0.3, -0.25) is 4.79 Å².